The maximum atomic E-state index is 11.6. The molecule has 106 valence electrons. The van der Waals surface area contributed by atoms with Crippen molar-refractivity contribution in [3.63, 3.8) is 0 Å². The number of benzene rings is 1. The van der Waals surface area contributed by atoms with Gasteiger partial charge in [0.25, 0.3) is 0 Å². The van der Waals surface area contributed by atoms with Crippen LogP contribution in [-0.2, 0) is 0 Å². The lowest BCUT2D eigenvalue weighted by Gasteiger charge is -2.11. The van der Waals surface area contributed by atoms with Gasteiger partial charge in [-0.25, -0.2) is 9.59 Å². The molecule has 3 N–H and O–H groups in total. The van der Waals surface area contributed by atoms with Crippen molar-refractivity contribution in [2.45, 2.75) is 12.8 Å². The molecule has 0 aliphatic heterocycles. The lowest BCUT2D eigenvalue weighted by molar-refractivity contribution is 0.0697. The summed E-state index contributed by atoms with van der Waals surface area (Å²) in [6.45, 7) is 0.441. The molecule has 0 saturated carbocycles. The number of methoxy groups -OCH3 is 1. The number of rotatable bonds is 6. The molecule has 6 heteroatoms. The van der Waals surface area contributed by atoms with Gasteiger partial charge >= 0.3 is 12.0 Å². The monoisotopic (exact) mass is 276 g/mol. The highest BCUT2D eigenvalue weighted by molar-refractivity contribution is 5.94. The van der Waals surface area contributed by atoms with Crippen molar-refractivity contribution in [2.75, 3.05) is 19.0 Å². The van der Waals surface area contributed by atoms with Crippen molar-refractivity contribution >= 4 is 17.7 Å². The van der Waals surface area contributed by atoms with Gasteiger partial charge in [0.15, 0.2) is 0 Å². The molecule has 0 aromatic heterocycles. The fourth-order valence-corrected chi connectivity index (χ4v) is 1.50. The molecule has 0 aliphatic rings. The highest BCUT2D eigenvalue weighted by atomic mass is 16.5. The predicted octanol–water partition coefficient (Wildman–Crippen LogP) is 1.93. The van der Waals surface area contributed by atoms with E-state index in [2.05, 4.69) is 16.6 Å². The van der Waals surface area contributed by atoms with Gasteiger partial charge in [0, 0.05) is 13.0 Å². The summed E-state index contributed by atoms with van der Waals surface area (Å²) in [4.78, 5) is 22.5. The van der Waals surface area contributed by atoms with Gasteiger partial charge in [-0.2, -0.15) is 0 Å². The summed E-state index contributed by atoms with van der Waals surface area (Å²) in [6.07, 6.45) is 6.36. The largest absolute Gasteiger partial charge is 0.495 e. The molecule has 0 spiro atoms. The summed E-state index contributed by atoms with van der Waals surface area (Å²) in [5, 5.41) is 14.1. The Morgan fingerprint density at radius 2 is 2.20 bits per heavy atom. The maximum Gasteiger partial charge on any atom is 0.335 e. The molecule has 1 aromatic carbocycles. The minimum Gasteiger partial charge on any atom is -0.495 e. The van der Waals surface area contributed by atoms with Crippen LogP contribution >= 0.6 is 0 Å². The number of hydrogen-bond donors (Lipinski definition) is 3. The van der Waals surface area contributed by atoms with Crippen LogP contribution in [0.25, 0.3) is 0 Å². The number of amides is 2. The predicted molar refractivity (Wildman–Crippen MR) is 75.0 cm³/mol. The topological polar surface area (TPSA) is 87.7 Å². The van der Waals surface area contributed by atoms with Crippen LogP contribution in [0, 0.1) is 12.3 Å². The first-order valence-electron chi connectivity index (χ1n) is 5.98. The van der Waals surface area contributed by atoms with Gasteiger partial charge < -0.3 is 20.5 Å². The highest BCUT2D eigenvalue weighted by Crippen LogP contribution is 2.25. The molecule has 1 rings (SSSR count). The molecule has 0 atom stereocenters. The molecule has 0 unspecified atom stereocenters. The number of carbonyl (C=O) groups is 2. The molecule has 0 saturated heterocycles. The summed E-state index contributed by atoms with van der Waals surface area (Å²) < 4.78 is 5.06. The molecule has 20 heavy (non-hydrogen) atoms. The Kier molecular flexibility index (Phi) is 5.91. The average Bonchev–Trinajstić information content (AvgIpc) is 2.43. The summed E-state index contributed by atoms with van der Waals surface area (Å²) in [5.41, 5.74) is 0.357. The summed E-state index contributed by atoms with van der Waals surface area (Å²) in [5.74, 6) is 1.78. The standard InChI is InChI=1S/C14H16N2O4/c1-3-4-5-8-15-14(19)16-11-9-10(13(17)18)6-7-12(11)20-2/h1,6-7,9H,4-5,8H2,2H3,(H,17,18)(H2,15,16,19). The molecule has 1 aromatic rings. The van der Waals surface area contributed by atoms with Gasteiger partial charge in [-0.05, 0) is 24.6 Å². The number of nitrogens with one attached hydrogen (secondary N) is 2. The van der Waals surface area contributed by atoms with Crippen LogP contribution in [0.15, 0.2) is 18.2 Å². The number of carboxylic acids is 1. The molecule has 0 aliphatic carbocycles. The normalized spacial score (nSPS) is 9.40. The van der Waals surface area contributed by atoms with Crippen LogP contribution in [-0.4, -0.2) is 30.8 Å². The van der Waals surface area contributed by atoms with E-state index in [1.807, 2.05) is 0 Å². The Bertz CT molecular complexity index is 534. The fourth-order valence-electron chi connectivity index (χ4n) is 1.50. The second kappa shape index (κ2) is 7.69. The van der Waals surface area contributed by atoms with Gasteiger partial charge in [0.1, 0.15) is 5.75 Å². The first kappa shape index (κ1) is 15.4. The van der Waals surface area contributed by atoms with Crippen LogP contribution in [0.3, 0.4) is 0 Å². The zero-order valence-electron chi connectivity index (χ0n) is 11.1. The number of anilines is 1. The number of terminal acetylenes is 1. The fraction of sp³-hybridized carbons (Fsp3) is 0.286. The van der Waals surface area contributed by atoms with Crippen LogP contribution in [0.2, 0.25) is 0 Å². The van der Waals surface area contributed by atoms with E-state index in [1.54, 1.807) is 0 Å². The third-order valence-electron chi connectivity index (χ3n) is 2.48. The van der Waals surface area contributed by atoms with Gasteiger partial charge in [-0.3, -0.25) is 0 Å². The van der Waals surface area contributed by atoms with Crippen molar-refractivity contribution in [1.82, 2.24) is 5.32 Å². The molecular formula is C14H16N2O4. The van der Waals surface area contributed by atoms with Crippen molar-refractivity contribution < 1.29 is 19.4 Å². The van der Waals surface area contributed by atoms with Crippen LogP contribution < -0.4 is 15.4 Å². The number of urea groups is 1. The molecule has 0 fully saturated rings. The lowest BCUT2D eigenvalue weighted by Crippen LogP contribution is -2.29. The van der Waals surface area contributed by atoms with Gasteiger partial charge in [0.2, 0.25) is 0 Å². The van der Waals surface area contributed by atoms with E-state index >= 15 is 0 Å². The smallest absolute Gasteiger partial charge is 0.335 e. The summed E-state index contributed by atoms with van der Waals surface area (Å²) in [7, 11) is 1.44. The Morgan fingerprint density at radius 3 is 2.80 bits per heavy atom. The number of ether oxygens (including phenoxy) is 1. The third kappa shape index (κ3) is 4.53. The first-order valence-corrected chi connectivity index (χ1v) is 5.98. The number of carboxylic acid groups (broad SMARTS) is 1. The van der Waals surface area contributed by atoms with E-state index in [9.17, 15) is 9.59 Å². The minimum atomic E-state index is -1.08. The molecular weight excluding hydrogens is 260 g/mol. The Labute approximate surface area is 117 Å². The second-order valence-corrected chi connectivity index (χ2v) is 3.91. The second-order valence-electron chi connectivity index (χ2n) is 3.91. The summed E-state index contributed by atoms with van der Waals surface area (Å²) >= 11 is 0. The van der Waals surface area contributed by atoms with Crippen LogP contribution in [0.1, 0.15) is 23.2 Å². The number of unbranched alkanes of at least 4 members (excludes halogenated alkanes) is 1. The maximum absolute atomic E-state index is 11.6. The molecule has 0 bridgehead atoms. The Morgan fingerprint density at radius 1 is 1.45 bits per heavy atom. The van der Waals surface area contributed by atoms with Crippen LogP contribution in [0.5, 0.6) is 5.75 Å². The van der Waals surface area contributed by atoms with E-state index in [0.717, 1.165) is 0 Å². The van der Waals surface area contributed by atoms with Crippen LogP contribution in [0.4, 0.5) is 10.5 Å². The SMILES string of the molecule is C#CCCCNC(=O)Nc1cc(C(=O)O)ccc1OC. The minimum absolute atomic E-state index is 0.0634. The Hall–Kier alpha value is -2.68. The van der Waals surface area contributed by atoms with Crippen molar-refractivity contribution in [1.29, 1.82) is 0 Å². The third-order valence-corrected chi connectivity index (χ3v) is 2.48. The number of hydrogen-bond acceptors (Lipinski definition) is 3. The van der Waals surface area contributed by atoms with E-state index in [4.69, 9.17) is 16.3 Å². The quantitative estimate of drug-likeness (QED) is 0.547. The van der Waals surface area contributed by atoms with E-state index in [1.165, 1.54) is 25.3 Å². The number of aromatic carboxylic acids is 1. The first-order chi connectivity index (χ1) is 9.58. The number of carbonyl (C=O) groups excluding carboxylic acids is 1. The highest BCUT2D eigenvalue weighted by Gasteiger charge is 2.11. The van der Waals surface area contributed by atoms with Gasteiger partial charge in [-0.15, -0.1) is 12.3 Å². The van der Waals surface area contributed by atoms with Gasteiger partial charge in [-0.1, -0.05) is 0 Å². The van der Waals surface area contributed by atoms with E-state index < -0.39 is 12.0 Å². The molecule has 0 heterocycles. The van der Waals surface area contributed by atoms with Crippen molar-refractivity contribution in [3.8, 4) is 18.1 Å². The van der Waals surface area contributed by atoms with Gasteiger partial charge in [0.05, 0.1) is 18.4 Å². The molecule has 2 amide bonds. The van der Waals surface area contributed by atoms with E-state index in [-0.39, 0.29) is 5.56 Å². The average molecular weight is 276 g/mol. The summed E-state index contributed by atoms with van der Waals surface area (Å²) in [6, 6.07) is 3.78. The zero-order chi connectivity index (χ0) is 15.0. The Balaban J connectivity index is 2.70. The lowest BCUT2D eigenvalue weighted by atomic mass is 10.2. The molecule has 0 radical (unpaired) electrons. The van der Waals surface area contributed by atoms with E-state index in [0.29, 0.717) is 30.8 Å². The van der Waals surface area contributed by atoms with Crippen molar-refractivity contribution in [3.05, 3.63) is 23.8 Å². The molecule has 6 nitrogen and oxygen atoms in total. The van der Waals surface area contributed by atoms with Crippen molar-refractivity contribution in [2.24, 2.45) is 0 Å². The zero-order valence-corrected chi connectivity index (χ0v) is 11.1.